The van der Waals surface area contributed by atoms with E-state index in [9.17, 15) is 9.59 Å². The Kier molecular flexibility index (Phi) is 6.04. The van der Waals surface area contributed by atoms with Gasteiger partial charge in [0.15, 0.2) is 0 Å². The number of piperidine rings is 1. The molecular weight excluding hydrogens is 516 g/mol. The lowest BCUT2D eigenvalue weighted by molar-refractivity contribution is -0.124. The van der Waals surface area contributed by atoms with Gasteiger partial charge in [-0.05, 0) is 81.3 Å². The Morgan fingerprint density at radius 2 is 2.00 bits per heavy atom. The first kappa shape index (κ1) is 24.8. The van der Waals surface area contributed by atoms with Gasteiger partial charge < -0.3 is 14.7 Å². The summed E-state index contributed by atoms with van der Waals surface area (Å²) < 4.78 is 7.26. The van der Waals surface area contributed by atoms with E-state index in [0.717, 1.165) is 81.6 Å². The zero-order chi connectivity index (χ0) is 26.7. The third-order valence-corrected chi connectivity index (χ3v) is 9.35. The Labute approximate surface area is 232 Å². The molecule has 2 aliphatic carbocycles. The van der Waals surface area contributed by atoms with Crippen molar-refractivity contribution in [2.24, 2.45) is 5.92 Å². The molecule has 0 atom stereocenters. The normalized spacial score (nSPS) is 24.2. The molecule has 0 unspecified atom stereocenters. The highest BCUT2D eigenvalue weighted by atomic mass is 35.5. The number of amides is 2. The first-order valence-corrected chi connectivity index (χ1v) is 14.3. The summed E-state index contributed by atoms with van der Waals surface area (Å²) in [6, 6.07) is 7.76. The van der Waals surface area contributed by atoms with Gasteiger partial charge in [0.05, 0.1) is 17.3 Å². The van der Waals surface area contributed by atoms with Gasteiger partial charge in [0.2, 0.25) is 11.7 Å². The maximum absolute atomic E-state index is 13.3. The van der Waals surface area contributed by atoms with E-state index in [1.165, 1.54) is 5.56 Å². The smallest absolute Gasteiger partial charge is 0.290 e. The van der Waals surface area contributed by atoms with Crippen LogP contribution in [0.4, 0.5) is 5.69 Å². The van der Waals surface area contributed by atoms with Gasteiger partial charge in [-0.25, -0.2) is 0 Å². The third-order valence-electron chi connectivity index (χ3n) is 9.12. The van der Waals surface area contributed by atoms with Gasteiger partial charge in [0.1, 0.15) is 0 Å². The predicted octanol–water partition coefficient (Wildman–Crippen LogP) is 4.12. The number of carbonyl (C=O) groups excluding carboxylic acids is 2. The zero-order valence-corrected chi connectivity index (χ0v) is 22.9. The van der Waals surface area contributed by atoms with Crippen molar-refractivity contribution >= 4 is 29.1 Å². The molecule has 1 N–H and O–H groups in total. The Bertz CT molecular complexity index is 1410. The topological polar surface area (TPSA) is 96.5 Å². The summed E-state index contributed by atoms with van der Waals surface area (Å²) in [6.45, 7) is 3.38. The molecule has 7 rings (SSSR count). The van der Waals surface area contributed by atoms with Crippen molar-refractivity contribution in [3.05, 3.63) is 64.3 Å². The zero-order valence-electron chi connectivity index (χ0n) is 22.1. The molecule has 2 saturated carbocycles. The first-order valence-electron chi connectivity index (χ1n) is 14.0. The van der Waals surface area contributed by atoms with Crippen LogP contribution in [0.2, 0.25) is 5.02 Å². The molecular formula is C29H33ClN6O3. The van der Waals surface area contributed by atoms with E-state index in [1.54, 1.807) is 11.0 Å². The second kappa shape index (κ2) is 9.48. The fraction of sp³-hybridized carbons (Fsp3) is 0.517. The Morgan fingerprint density at radius 3 is 2.77 bits per heavy atom. The molecule has 10 heteroatoms. The summed E-state index contributed by atoms with van der Waals surface area (Å²) in [6.07, 6.45) is 9.82. The number of nitrogens with zero attached hydrogens (tertiary/aromatic N) is 5. The largest absolute Gasteiger partial charge is 0.351 e. The molecule has 2 amide bonds. The van der Waals surface area contributed by atoms with Gasteiger partial charge >= 0.3 is 0 Å². The van der Waals surface area contributed by atoms with Gasteiger partial charge in [0.25, 0.3) is 5.91 Å². The number of halogens is 1. The lowest BCUT2D eigenvalue weighted by Crippen LogP contribution is -2.47. The third kappa shape index (κ3) is 4.55. The molecule has 204 valence electrons. The summed E-state index contributed by atoms with van der Waals surface area (Å²) >= 11 is 6.30. The Balaban J connectivity index is 0.887. The number of rotatable bonds is 7. The summed E-state index contributed by atoms with van der Waals surface area (Å²) in [4.78, 5) is 29.9. The average molecular weight is 549 g/mol. The number of hydrogen-bond donors (Lipinski definition) is 1. The number of likely N-dealkylation sites (tertiary alicyclic amines) is 1. The number of hydrogen-bond acceptors (Lipinski definition) is 6. The second-order valence-electron chi connectivity index (χ2n) is 11.9. The van der Waals surface area contributed by atoms with E-state index in [1.807, 2.05) is 36.1 Å². The fourth-order valence-electron chi connectivity index (χ4n) is 6.64. The molecule has 1 spiro atoms. The highest BCUT2D eigenvalue weighted by molar-refractivity contribution is 6.31. The van der Waals surface area contributed by atoms with Crippen LogP contribution < -0.4 is 10.2 Å². The number of aromatic nitrogens is 3. The molecule has 3 aromatic rings. The lowest BCUT2D eigenvalue weighted by atomic mass is 9.73. The maximum atomic E-state index is 13.3. The van der Waals surface area contributed by atoms with E-state index >= 15 is 0 Å². The van der Waals surface area contributed by atoms with Crippen molar-refractivity contribution in [3.8, 4) is 0 Å². The molecule has 1 saturated heterocycles. The average Bonchev–Trinajstić information content (AvgIpc) is 3.40. The number of carbonyl (C=O) groups is 2. The van der Waals surface area contributed by atoms with Crippen LogP contribution in [0.15, 0.2) is 41.2 Å². The second-order valence-corrected chi connectivity index (χ2v) is 12.3. The summed E-state index contributed by atoms with van der Waals surface area (Å²) in [5.74, 6) is 1.31. The summed E-state index contributed by atoms with van der Waals surface area (Å²) in [5, 5.41) is 12.4. The number of anilines is 1. The summed E-state index contributed by atoms with van der Waals surface area (Å²) in [5.41, 5.74) is 3.69. The minimum Gasteiger partial charge on any atom is -0.351 e. The van der Waals surface area contributed by atoms with E-state index in [0.29, 0.717) is 22.6 Å². The standard InChI is InChI=1S/C29H33ClN6O3/c1-34-25-5-4-21(30)12-23(25)29(28(34)38)6-8-35(9-7-29)15-19-14-31-36(17-19)16-18-10-22(11-18)32-27(37)26-13-24(33-39-26)20-2-3-20/h4-5,12-14,17-18,20,22H,2-3,6-11,15-16H2,1H3,(H,32,37)/t18-,22-. The van der Waals surface area contributed by atoms with E-state index in [2.05, 4.69) is 26.7 Å². The number of nitrogens with one attached hydrogen (secondary N) is 1. The Hall–Kier alpha value is -3.17. The van der Waals surface area contributed by atoms with Gasteiger partial charge in [-0.2, -0.15) is 5.10 Å². The number of fused-ring (bicyclic) bond motifs is 2. The van der Waals surface area contributed by atoms with Gasteiger partial charge in [-0.3, -0.25) is 19.2 Å². The summed E-state index contributed by atoms with van der Waals surface area (Å²) in [7, 11) is 1.86. The fourth-order valence-corrected chi connectivity index (χ4v) is 6.82. The van der Waals surface area contributed by atoms with Crippen LogP contribution in [0.25, 0.3) is 0 Å². The van der Waals surface area contributed by atoms with Crippen molar-refractivity contribution in [3.63, 3.8) is 0 Å². The Morgan fingerprint density at radius 1 is 1.21 bits per heavy atom. The molecule has 39 heavy (non-hydrogen) atoms. The number of benzene rings is 1. The molecule has 2 aliphatic heterocycles. The SMILES string of the molecule is CN1C(=O)C2(CCN(Cc3cnn(C[C@H]4C[C@H](NC(=O)c5cc(C6CC6)no5)C4)c3)CC2)c2cc(Cl)ccc21. The molecule has 2 aromatic heterocycles. The van der Waals surface area contributed by atoms with Crippen LogP contribution in [0.5, 0.6) is 0 Å². The highest BCUT2D eigenvalue weighted by Crippen LogP contribution is 2.48. The van der Waals surface area contributed by atoms with E-state index in [4.69, 9.17) is 16.1 Å². The molecule has 4 aliphatic rings. The van der Waals surface area contributed by atoms with E-state index in [-0.39, 0.29) is 17.9 Å². The van der Waals surface area contributed by atoms with Crippen LogP contribution in [-0.2, 0) is 23.3 Å². The number of likely N-dealkylation sites (N-methyl/N-ethyl adjacent to an activating group) is 1. The van der Waals surface area contributed by atoms with Gasteiger partial charge in [0, 0.05) is 60.6 Å². The molecule has 9 nitrogen and oxygen atoms in total. The van der Waals surface area contributed by atoms with E-state index < -0.39 is 5.41 Å². The molecule has 0 bridgehead atoms. The predicted molar refractivity (Wildman–Crippen MR) is 146 cm³/mol. The van der Waals surface area contributed by atoms with Gasteiger partial charge in [-0.15, -0.1) is 0 Å². The molecule has 1 aromatic carbocycles. The first-order chi connectivity index (χ1) is 18.9. The van der Waals surface area contributed by atoms with Crippen molar-refractivity contribution in [2.45, 2.75) is 69.0 Å². The maximum Gasteiger partial charge on any atom is 0.290 e. The van der Waals surface area contributed by atoms with Crippen molar-refractivity contribution in [1.82, 2.24) is 25.2 Å². The minimum absolute atomic E-state index is 0.167. The lowest BCUT2D eigenvalue weighted by Gasteiger charge is -2.38. The minimum atomic E-state index is -0.460. The van der Waals surface area contributed by atoms with Crippen molar-refractivity contribution in [2.75, 3.05) is 25.0 Å². The van der Waals surface area contributed by atoms with Crippen LogP contribution >= 0.6 is 11.6 Å². The quantitative estimate of drug-likeness (QED) is 0.477. The van der Waals surface area contributed by atoms with Crippen LogP contribution in [0, 0.1) is 5.92 Å². The van der Waals surface area contributed by atoms with Crippen molar-refractivity contribution < 1.29 is 14.1 Å². The van der Waals surface area contributed by atoms with Gasteiger partial charge in [-0.1, -0.05) is 16.8 Å². The highest BCUT2D eigenvalue weighted by Gasteiger charge is 2.51. The van der Waals surface area contributed by atoms with Crippen LogP contribution in [0.1, 0.15) is 71.8 Å². The van der Waals surface area contributed by atoms with Crippen molar-refractivity contribution in [1.29, 1.82) is 0 Å². The molecule has 3 fully saturated rings. The van der Waals surface area contributed by atoms with Crippen LogP contribution in [0.3, 0.4) is 0 Å². The monoisotopic (exact) mass is 548 g/mol. The molecule has 0 radical (unpaired) electrons. The van der Waals surface area contributed by atoms with Crippen LogP contribution in [-0.4, -0.2) is 57.8 Å². The molecule has 4 heterocycles.